The van der Waals surface area contributed by atoms with Crippen LogP contribution < -0.4 is 15.4 Å². The molecular weight excluding hydrogens is 444 g/mol. The van der Waals surface area contributed by atoms with Crippen LogP contribution in [-0.4, -0.2) is 49.7 Å². The van der Waals surface area contributed by atoms with Crippen molar-refractivity contribution in [3.05, 3.63) is 23.9 Å². The number of guanidine groups is 1. The summed E-state index contributed by atoms with van der Waals surface area (Å²) >= 11 is 1.72. The van der Waals surface area contributed by atoms with Gasteiger partial charge in [-0.3, -0.25) is 4.99 Å². The van der Waals surface area contributed by atoms with Gasteiger partial charge in [0.15, 0.2) is 5.96 Å². The normalized spacial score (nSPS) is 11.6. The second-order valence-electron chi connectivity index (χ2n) is 4.15. The summed E-state index contributed by atoms with van der Waals surface area (Å²) in [4.78, 5) is 7.66. The van der Waals surface area contributed by atoms with Crippen LogP contribution >= 0.6 is 35.7 Å². The molecule has 1 aromatic heterocycles. The van der Waals surface area contributed by atoms with Gasteiger partial charge in [0.05, 0.1) is 12.1 Å². The molecule has 2 N–H and O–H groups in total. The molecule has 23 heavy (non-hydrogen) atoms. The van der Waals surface area contributed by atoms with Crippen molar-refractivity contribution in [1.82, 2.24) is 15.6 Å². The highest BCUT2D eigenvalue weighted by atomic mass is 127. The number of alkyl halides is 3. The summed E-state index contributed by atoms with van der Waals surface area (Å²) in [5.74, 6) is 1.77. The maximum atomic E-state index is 12.4. The second-order valence-corrected chi connectivity index (χ2v) is 5.14. The van der Waals surface area contributed by atoms with Crippen LogP contribution in [0.15, 0.2) is 23.3 Å². The summed E-state index contributed by atoms with van der Waals surface area (Å²) in [6.07, 6.45) is -1.61. The highest BCUT2D eigenvalue weighted by Crippen LogP contribution is 2.29. The van der Waals surface area contributed by atoms with Gasteiger partial charge in [0.1, 0.15) is 6.61 Å². The Hall–Kier alpha value is -0.910. The predicted molar refractivity (Wildman–Crippen MR) is 97.9 cm³/mol. The third-order valence-corrected chi connectivity index (χ3v) is 3.14. The smallest absolute Gasteiger partial charge is 0.417 e. The fourth-order valence-corrected chi connectivity index (χ4v) is 1.76. The number of nitrogens with one attached hydrogen (secondary N) is 2. The Balaban J connectivity index is 0.00000484. The molecule has 0 bridgehead atoms. The average Bonchev–Trinajstić information content (AvgIpc) is 2.49. The SMILES string of the molecule is CN=C(NCCOc1ccc(C(F)(F)F)cn1)NCCSC.I. The lowest BCUT2D eigenvalue weighted by molar-refractivity contribution is -0.137. The van der Waals surface area contributed by atoms with Crippen LogP contribution in [0.5, 0.6) is 5.88 Å². The van der Waals surface area contributed by atoms with Crippen molar-refractivity contribution in [2.75, 3.05) is 38.8 Å². The molecule has 0 saturated heterocycles. The Morgan fingerprint density at radius 2 is 2.00 bits per heavy atom. The van der Waals surface area contributed by atoms with Crippen LogP contribution in [0.1, 0.15) is 5.56 Å². The summed E-state index contributed by atoms with van der Waals surface area (Å²) in [5.41, 5.74) is -0.795. The van der Waals surface area contributed by atoms with E-state index in [0.29, 0.717) is 12.5 Å². The number of hydrogen-bond donors (Lipinski definition) is 2. The van der Waals surface area contributed by atoms with E-state index in [1.165, 1.54) is 6.07 Å². The van der Waals surface area contributed by atoms with Gasteiger partial charge in [-0.1, -0.05) is 0 Å². The first kappa shape index (κ1) is 22.1. The van der Waals surface area contributed by atoms with Gasteiger partial charge in [0.2, 0.25) is 5.88 Å². The van der Waals surface area contributed by atoms with Gasteiger partial charge in [-0.15, -0.1) is 24.0 Å². The molecule has 0 spiro atoms. The third kappa shape index (κ3) is 9.08. The number of hydrogen-bond acceptors (Lipinski definition) is 4. The van der Waals surface area contributed by atoms with Crippen molar-refractivity contribution >= 4 is 41.7 Å². The van der Waals surface area contributed by atoms with E-state index in [1.54, 1.807) is 18.8 Å². The van der Waals surface area contributed by atoms with Crippen LogP contribution in [0, 0.1) is 0 Å². The first-order valence-electron chi connectivity index (χ1n) is 6.57. The van der Waals surface area contributed by atoms with E-state index in [9.17, 15) is 13.2 Å². The quantitative estimate of drug-likeness (QED) is 0.281. The van der Waals surface area contributed by atoms with Gasteiger partial charge < -0.3 is 15.4 Å². The fraction of sp³-hybridized carbons (Fsp3) is 0.538. The zero-order valence-corrected chi connectivity index (χ0v) is 16.0. The summed E-state index contributed by atoms with van der Waals surface area (Å²) in [7, 11) is 1.66. The Bertz CT molecular complexity index is 471. The molecule has 0 amide bonds. The molecular formula is C13H20F3IN4OS. The molecule has 0 atom stereocenters. The van der Waals surface area contributed by atoms with E-state index in [2.05, 4.69) is 20.6 Å². The van der Waals surface area contributed by atoms with Crippen molar-refractivity contribution < 1.29 is 17.9 Å². The molecule has 10 heteroatoms. The molecule has 132 valence electrons. The number of ether oxygens (including phenoxy) is 1. The van der Waals surface area contributed by atoms with Gasteiger partial charge in [0, 0.05) is 31.6 Å². The third-order valence-electron chi connectivity index (χ3n) is 2.53. The topological polar surface area (TPSA) is 58.5 Å². The Labute approximate surface area is 154 Å². The van der Waals surface area contributed by atoms with Crippen LogP contribution in [0.25, 0.3) is 0 Å². The molecule has 1 aromatic rings. The molecule has 0 fully saturated rings. The minimum absolute atomic E-state index is 0. The lowest BCUT2D eigenvalue weighted by atomic mass is 10.3. The van der Waals surface area contributed by atoms with E-state index in [-0.39, 0.29) is 36.5 Å². The zero-order valence-electron chi connectivity index (χ0n) is 12.8. The molecule has 0 radical (unpaired) electrons. The van der Waals surface area contributed by atoms with Crippen LogP contribution in [-0.2, 0) is 6.18 Å². The highest BCUT2D eigenvalue weighted by molar-refractivity contribution is 14.0. The van der Waals surface area contributed by atoms with E-state index in [1.807, 2.05) is 6.26 Å². The van der Waals surface area contributed by atoms with Gasteiger partial charge >= 0.3 is 6.18 Å². The number of pyridine rings is 1. The van der Waals surface area contributed by atoms with Crippen molar-refractivity contribution in [1.29, 1.82) is 0 Å². The minimum Gasteiger partial charge on any atom is -0.476 e. The Kier molecular flexibility index (Phi) is 11.1. The average molecular weight is 464 g/mol. The zero-order chi connectivity index (χ0) is 16.4. The largest absolute Gasteiger partial charge is 0.476 e. The monoisotopic (exact) mass is 464 g/mol. The van der Waals surface area contributed by atoms with Crippen molar-refractivity contribution in [2.24, 2.45) is 4.99 Å². The lowest BCUT2D eigenvalue weighted by Gasteiger charge is -2.12. The first-order valence-corrected chi connectivity index (χ1v) is 7.96. The van der Waals surface area contributed by atoms with Crippen LogP contribution in [0.4, 0.5) is 13.2 Å². The van der Waals surface area contributed by atoms with Gasteiger partial charge in [-0.2, -0.15) is 24.9 Å². The standard InChI is InChI=1S/C13H19F3N4OS.HI/c1-17-12(19-6-8-22-2)18-5-7-21-11-4-3-10(9-20-11)13(14,15)16;/h3-4,9H,5-8H2,1-2H3,(H2,17,18,19);1H. The minimum atomic E-state index is -4.39. The number of aromatic nitrogens is 1. The van der Waals surface area contributed by atoms with Gasteiger partial charge in [-0.25, -0.2) is 4.98 Å². The second kappa shape index (κ2) is 11.6. The number of aliphatic imine (C=N–C) groups is 1. The Morgan fingerprint density at radius 1 is 1.30 bits per heavy atom. The highest BCUT2D eigenvalue weighted by Gasteiger charge is 2.30. The van der Waals surface area contributed by atoms with Crippen molar-refractivity contribution in [3.63, 3.8) is 0 Å². The molecule has 5 nitrogen and oxygen atoms in total. The summed E-state index contributed by atoms with van der Waals surface area (Å²) in [5, 5.41) is 6.15. The van der Waals surface area contributed by atoms with Gasteiger partial charge in [-0.05, 0) is 12.3 Å². The number of rotatable bonds is 7. The van der Waals surface area contributed by atoms with E-state index in [0.717, 1.165) is 24.6 Å². The van der Waals surface area contributed by atoms with Crippen LogP contribution in [0.3, 0.4) is 0 Å². The predicted octanol–water partition coefficient (Wildman–Crippen LogP) is 2.63. The summed E-state index contributed by atoms with van der Waals surface area (Å²) < 4.78 is 42.4. The molecule has 0 aliphatic rings. The molecule has 0 aliphatic heterocycles. The summed E-state index contributed by atoms with van der Waals surface area (Å²) in [6.45, 7) is 1.52. The van der Waals surface area contributed by atoms with Crippen molar-refractivity contribution in [2.45, 2.75) is 6.18 Å². The molecule has 1 rings (SSSR count). The molecule has 1 heterocycles. The number of thioether (sulfide) groups is 1. The fourth-order valence-electron chi connectivity index (χ4n) is 1.45. The van der Waals surface area contributed by atoms with Gasteiger partial charge in [0.25, 0.3) is 0 Å². The lowest BCUT2D eigenvalue weighted by Crippen LogP contribution is -2.40. The maximum Gasteiger partial charge on any atom is 0.417 e. The molecule has 0 aliphatic carbocycles. The Morgan fingerprint density at radius 3 is 2.52 bits per heavy atom. The van der Waals surface area contributed by atoms with E-state index >= 15 is 0 Å². The first-order chi connectivity index (χ1) is 10.5. The number of halogens is 4. The molecule has 0 unspecified atom stereocenters. The summed E-state index contributed by atoms with van der Waals surface area (Å²) in [6, 6.07) is 2.15. The number of nitrogens with zero attached hydrogens (tertiary/aromatic N) is 2. The van der Waals surface area contributed by atoms with Crippen molar-refractivity contribution in [3.8, 4) is 5.88 Å². The molecule has 0 aromatic carbocycles. The van der Waals surface area contributed by atoms with E-state index in [4.69, 9.17) is 4.74 Å². The van der Waals surface area contributed by atoms with E-state index < -0.39 is 11.7 Å². The molecule has 0 saturated carbocycles. The van der Waals surface area contributed by atoms with Crippen LogP contribution in [0.2, 0.25) is 0 Å². The maximum absolute atomic E-state index is 12.4.